The smallest absolute Gasteiger partial charge is 0.0700 e. The van der Waals surface area contributed by atoms with Crippen LogP contribution < -0.4 is 5.32 Å². The van der Waals surface area contributed by atoms with Crippen LogP contribution in [0.1, 0.15) is 17.5 Å². The Kier molecular flexibility index (Phi) is 8.47. The Labute approximate surface area is 110 Å². The Morgan fingerprint density at radius 1 is 1.06 bits per heavy atom. The molecular weight excluding hydrogens is 226 g/mol. The average molecular weight is 251 g/mol. The van der Waals surface area contributed by atoms with Crippen LogP contribution in [0.2, 0.25) is 0 Å². The van der Waals surface area contributed by atoms with Crippen molar-refractivity contribution in [2.45, 2.75) is 19.8 Å². The highest BCUT2D eigenvalue weighted by molar-refractivity contribution is 5.25. The highest BCUT2D eigenvalue weighted by Crippen LogP contribution is 2.06. The highest BCUT2D eigenvalue weighted by Gasteiger charge is 1.96. The van der Waals surface area contributed by atoms with Crippen LogP contribution >= 0.6 is 0 Å². The summed E-state index contributed by atoms with van der Waals surface area (Å²) in [6.45, 7) is 6.39. The number of rotatable bonds is 10. The van der Waals surface area contributed by atoms with Gasteiger partial charge < -0.3 is 14.8 Å². The van der Waals surface area contributed by atoms with Crippen molar-refractivity contribution in [1.29, 1.82) is 0 Å². The molecular formula is C15H25NO2. The first-order valence-electron chi connectivity index (χ1n) is 6.66. The lowest BCUT2D eigenvalue weighted by Crippen LogP contribution is -2.20. The van der Waals surface area contributed by atoms with Crippen LogP contribution in [0, 0.1) is 6.92 Å². The fourth-order valence-electron chi connectivity index (χ4n) is 1.78. The summed E-state index contributed by atoms with van der Waals surface area (Å²) in [5.41, 5.74) is 2.81. The van der Waals surface area contributed by atoms with Gasteiger partial charge >= 0.3 is 0 Å². The van der Waals surface area contributed by atoms with E-state index < -0.39 is 0 Å². The van der Waals surface area contributed by atoms with E-state index in [1.54, 1.807) is 7.11 Å². The molecule has 0 heterocycles. The van der Waals surface area contributed by atoms with E-state index in [-0.39, 0.29) is 0 Å². The molecule has 0 aliphatic carbocycles. The third-order valence-corrected chi connectivity index (χ3v) is 2.91. The summed E-state index contributed by atoms with van der Waals surface area (Å²) in [7, 11) is 1.69. The molecule has 102 valence electrons. The van der Waals surface area contributed by atoms with Crippen molar-refractivity contribution in [3.8, 4) is 0 Å². The first kappa shape index (κ1) is 15.2. The van der Waals surface area contributed by atoms with Gasteiger partial charge in [0.15, 0.2) is 0 Å². The van der Waals surface area contributed by atoms with Crippen LogP contribution in [0.5, 0.6) is 0 Å². The van der Waals surface area contributed by atoms with Gasteiger partial charge in [-0.15, -0.1) is 0 Å². The Bertz CT molecular complexity index is 315. The predicted octanol–water partition coefficient (Wildman–Crippen LogP) is 2.18. The molecule has 1 aromatic carbocycles. The number of hydrogen-bond donors (Lipinski definition) is 1. The van der Waals surface area contributed by atoms with Gasteiger partial charge in [-0.25, -0.2) is 0 Å². The number of nitrogens with one attached hydrogen (secondary N) is 1. The standard InChI is InChI=1S/C15H25NO2/c1-14-6-3-4-7-15(14)8-10-16-9-5-11-18-13-12-17-2/h3-4,6-7,16H,5,8-13H2,1-2H3. The van der Waals surface area contributed by atoms with E-state index in [0.717, 1.165) is 32.5 Å². The van der Waals surface area contributed by atoms with Gasteiger partial charge in [0.05, 0.1) is 13.2 Å². The van der Waals surface area contributed by atoms with Crippen LogP contribution in [0.15, 0.2) is 24.3 Å². The largest absolute Gasteiger partial charge is 0.382 e. The van der Waals surface area contributed by atoms with Crippen molar-refractivity contribution in [3.05, 3.63) is 35.4 Å². The molecule has 1 N–H and O–H groups in total. The normalized spacial score (nSPS) is 10.8. The summed E-state index contributed by atoms with van der Waals surface area (Å²) >= 11 is 0. The van der Waals surface area contributed by atoms with Crippen molar-refractivity contribution in [2.75, 3.05) is 40.0 Å². The van der Waals surface area contributed by atoms with Crippen LogP contribution in [0.3, 0.4) is 0 Å². The molecule has 0 saturated carbocycles. The molecule has 18 heavy (non-hydrogen) atoms. The Hall–Kier alpha value is -0.900. The maximum Gasteiger partial charge on any atom is 0.0700 e. The van der Waals surface area contributed by atoms with Crippen molar-refractivity contribution in [3.63, 3.8) is 0 Å². The summed E-state index contributed by atoms with van der Waals surface area (Å²) in [5.74, 6) is 0. The summed E-state index contributed by atoms with van der Waals surface area (Å²) < 4.78 is 10.3. The fourth-order valence-corrected chi connectivity index (χ4v) is 1.78. The van der Waals surface area contributed by atoms with E-state index in [2.05, 4.69) is 36.5 Å². The van der Waals surface area contributed by atoms with Gasteiger partial charge in [0.1, 0.15) is 0 Å². The minimum atomic E-state index is 0.681. The maximum atomic E-state index is 5.39. The van der Waals surface area contributed by atoms with Gasteiger partial charge in [0.2, 0.25) is 0 Å². The third kappa shape index (κ3) is 6.74. The van der Waals surface area contributed by atoms with Gasteiger partial charge in [-0.05, 0) is 44.0 Å². The van der Waals surface area contributed by atoms with E-state index in [0.29, 0.717) is 13.2 Å². The second-order valence-corrected chi connectivity index (χ2v) is 4.39. The van der Waals surface area contributed by atoms with E-state index in [9.17, 15) is 0 Å². The predicted molar refractivity (Wildman–Crippen MR) is 75.1 cm³/mol. The summed E-state index contributed by atoms with van der Waals surface area (Å²) in [4.78, 5) is 0. The van der Waals surface area contributed by atoms with Gasteiger partial charge in [-0.2, -0.15) is 0 Å². The lowest BCUT2D eigenvalue weighted by Gasteiger charge is -2.07. The van der Waals surface area contributed by atoms with E-state index in [4.69, 9.17) is 9.47 Å². The fraction of sp³-hybridized carbons (Fsp3) is 0.600. The lowest BCUT2D eigenvalue weighted by atomic mass is 10.1. The molecule has 1 aromatic rings. The molecule has 3 heteroatoms. The maximum absolute atomic E-state index is 5.39. The van der Waals surface area contributed by atoms with Crippen molar-refractivity contribution < 1.29 is 9.47 Å². The van der Waals surface area contributed by atoms with Gasteiger partial charge in [0.25, 0.3) is 0 Å². The monoisotopic (exact) mass is 251 g/mol. The Balaban J connectivity index is 1.94. The zero-order chi connectivity index (χ0) is 13.1. The number of hydrogen-bond acceptors (Lipinski definition) is 3. The Morgan fingerprint density at radius 2 is 1.89 bits per heavy atom. The van der Waals surface area contributed by atoms with E-state index >= 15 is 0 Å². The molecule has 0 unspecified atom stereocenters. The molecule has 0 fully saturated rings. The molecule has 0 saturated heterocycles. The summed E-state index contributed by atoms with van der Waals surface area (Å²) in [5, 5.41) is 3.44. The molecule has 1 rings (SSSR count). The number of aryl methyl sites for hydroxylation is 1. The van der Waals surface area contributed by atoms with E-state index in [1.807, 2.05) is 0 Å². The van der Waals surface area contributed by atoms with Crippen LogP contribution in [-0.4, -0.2) is 40.0 Å². The lowest BCUT2D eigenvalue weighted by molar-refractivity contribution is 0.0695. The minimum Gasteiger partial charge on any atom is -0.382 e. The first-order valence-corrected chi connectivity index (χ1v) is 6.66. The number of methoxy groups -OCH3 is 1. The zero-order valence-electron chi connectivity index (χ0n) is 11.6. The van der Waals surface area contributed by atoms with E-state index in [1.165, 1.54) is 11.1 Å². The van der Waals surface area contributed by atoms with Crippen LogP contribution in [0.25, 0.3) is 0 Å². The first-order chi connectivity index (χ1) is 8.84. The summed E-state index contributed by atoms with van der Waals surface area (Å²) in [6, 6.07) is 8.55. The molecule has 0 aliphatic rings. The molecule has 0 aliphatic heterocycles. The van der Waals surface area contributed by atoms with Crippen LogP contribution in [-0.2, 0) is 15.9 Å². The molecule has 0 radical (unpaired) electrons. The highest BCUT2D eigenvalue weighted by atomic mass is 16.5. The number of ether oxygens (including phenoxy) is 2. The molecule has 0 spiro atoms. The molecule has 3 nitrogen and oxygen atoms in total. The zero-order valence-corrected chi connectivity index (χ0v) is 11.6. The quantitative estimate of drug-likeness (QED) is 0.647. The Morgan fingerprint density at radius 3 is 2.67 bits per heavy atom. The molecule has 0 atom stereocenters. The van der Waals surface area contributed by atoms with Gasteiger partial charge in [-0.3, -0.25) is 0 Å². The SMILES string of the molecule is COCCOCCCNCCc1ccccc1C. The van der Waals surface area contributed by atoms with Crippen molar-refractivity contribution in [1.82, 2.24) is 5.32 Å². The average Bonchev–Trinajstić information content (AvgIpc) is 2.39. The summed E-state index contributed by atoms with van der Waals surface area (Å²) in [6.07, 6.45) is 2.15. The second kappa shape index (κ2) is 10.1. The topological polar surface area (TPSA) is 30.5 Å². The second-order valence-electron chi connectivity index (χ2n) is 4.39. The molecule has 0 amide bonds. The number of benzene rings is 1. The minimum absolute atomic E-state index is 0.681. The molecule has 0 aromatic heterocycles. The molecule has 0 bridgehead atoms. The van der Waals surface area contributed by atoms with Gasteiger partial charge in [-0.1, -0.05) is 24.3 Å². The van der Waals surface area contributed by atoms with Crippen molar-refractivity contribution >= 4 is 0 Å². The van der Waals surface area contributed by atoms with Crippen LogP contribution in [0.4, 0.5) is 0 Å². The van der Waals surface area contributed by atoms with Gasteiger partial charge in [0, 0.05) is 13.7 Å². The third-order valence-electron chi connectivity index (χ3n) is 2.91. The van der Waals surface area contributed by atoms with Crippen molar-refractivity contribution in [2.24, 2.45) is 0 Å².